The smallest absolute Gasteiger partial charge is 0.317 e. The van der Waals surface area contributed by atoms with E-state index in [9.17, 15) is 9.59 Å². The molecule has 2 unspecified atom stereocenters. The van der Waals surface area contributed by atoms with Crippen LogP contribution in [0.3, 0.4) is 0 Å². The summed E-state index contributed by atoms with van der Waals surface area (Å²) in [5.74, 6) is -1.63. The van der Waals surface area contributed by atoms with Gasteiger partial charge >= 0.3 is 12.0 Å². The highest BCUT2D eigenvalue weighted by Gasteiger charge is 2.38. The summed E-state index contributed by atoms with van der Waals surface area (Å²) in [4.78, 5) is 28.8. The minimum absolute atomic E-state index is 0.136. The van der Waals surface area contributed by atoms with Gasteiger partial charge in [-0.2, -0.15) is 0 Å². The van der Waals surface area contributed by atoms with Gasteiger partial charge in [-0.15, -0.1) is 0 Å². The molecule has 1 aromatic rings. The zero-order valence-electron chi connectivity index (χ0n) is 12.1. The van der Waals surface area contributed by atoms with E-state index in [2.05, 4.69) is 10.3 Å². The second kappa shape index (κ2) is 6.53. The molecule has 0 radical (unpaired) electrons. The van der Waals surface area contributed by atoms with E-state index < -0.39 is 17.9 Å². The quantitative estimate of drug-likeness (QED) is 0.849. The molecule has 0 aromatic carbocycles. The van der Waals surface area contributed by atoms with Gasteiger partial charge in [0.1, 0.15) is 5.92 Å². The summed E-state index contributed by atoms with van der Waals surface area (Å²) >= 11 is 0. The van der Waals surface area contributed by atoms with Gasteiger partial charge in [0.2, 0.25) is 0 Å². The summed E-state index contributed by atoms with van der Waals surface area (Å²) < 4.78 is 5.17. The van der Waals surface area contributed by atoms with E-state index in [1.54, 1.807) is 13.2 Å². The van der Waals surface area contributed by atoms with Gasteiger partial charge in [0.15, 0.2) is 0 Å². The summed E-state index contributed by atoms with van der Waals surface area (Å²) in [6, 6.07) is 2.97. The lowest BCUT2D eigenvalue weighted by atomic mass is 10.0. The molecule has 2 rings (SSSR count). The van der Waals surface area contributed by atoms with Crippen molar-refractivity contribution in [1.82, 2.24) is 15.2 Å². The molecule has 2 heterocycles. The Bertz CT molecular complexity index is 535. The van der Waals surface area contributed by atoms with Crippen LogP contribution in [-0.4, -0.2) is 53.3 Å². The Morgan fingerprint density at radius 2 is 2.29 bits per heavy atom. The number of carbonyl (C=O) groups excluding carboxylic acids is 1. The first-order chi connectivity index (χ1) is 10.0. The molecule has 0 bridgehead atoms. The molecule has 2 atom stereocenters. The molecule has 1 fully saturated rings. The number of ether oxygens (including phenoxy) is 1. The third-order valence-corrected chi connectivity index (χ3v) is 3.71. The van der Waals surface area contributed by atoms with Crippen LogP contribution in [0.1, 0.15) is 11.3 Å². The Hall–Kier alpha value is -2.15. The SMILES string of the molecule is Cc1cccnc1CNC(=O)N(C)C1COCC1C(=O)O. The summed E-state index contributed by atoms with van der Waals surface area (Å²) in [7, 11) is 1.58. The first kappa shape index (κ1) is 15.2. The lowest BCUT2D eigenvalue weighted by molar-refractivity contribution is -0.142. The Morgan fingerprint density at radius 3 is 2.95 bits per heavy atom. The molecule has 1 aromatic heterocycles. The van der Waals surface area contributed by atoms with Gasteiger partial charge in [-0.25, -0.2) is 4.79 Å². The van der Waals surface area contributed by atoms with Crippen molar-refractivity contribution >= 4 is 12.0 Å². The standard InChI is InChI=1S/C14H19N3O4/c1-9-4-3-5-15-11(9)6-16-14(20)17(2)12-8-21-7-10(12)13(18)19/h3-5,10,12H,6-8H2,1-2H3,(H,16,20)(H,18,19). The topological polar surface area (TPSA) is 91.8 Å². The van der Waals surface area contributed by atoms with Crippen molar-refractivity contribution in [3.8, 4) is 0 Å². The molecular formula is C14H19N3O4. The van der Waals surface area contributed by atoms with Crippen LogP contribution < -0.4 is 5.32 Å². The minimum atomic E-state index is -0.947. The molecule has 0 saturated carbocycles. The van der Waals surface area contributed by atoms with E-state index >= 15 is 0 Å². The number of aromatic nitrogens is 1. The zero-order chi connectivity index (χ0) is 15.4. The van der Waals surface area contributed by atoms with Crippen molar-refractivity contribution in [2.24, 2.45) is 5.92 Å². The van der Waals surface area contributed by atoms with Crippen molar-refractivity contribution in [3.63, 3.8) is 0 Å². The number of aliphatic carboxylic acids is 1. The van der Waals surface area contributed by atoms with Crippen LogP contribution in [0.25, 0.3) is 0 Å². The van der Waals surface area contributed by atoms with E-state index in [-0.39, 0.29) is 19.2 Å². The van der Waals surface area contributed by atoms with E-state index in [1.165, 1.54) is 4.90 Å². The summed E-state index contributed by atoms with van der Waals surface area (Å²) in [5, 5.41) is 11.9. The molecule has 21 heavy (non-hydrogen) atoms. The number of amides is 2. The van der Waals surface area contributed by atoms with Crippen molar-refractivity contribution in [3.05, 3.63) is 29.6 Å². The number of nitrogens with one attached hydrogen (secondary N) is 1. The number of hydrogen-bond acceptors (Lipinski definition) is 4. The number of pyridine rings is 1. The monoisotopic (exact) mass is 293 g/mol. The first-order valence-corrected chi connectivity index (χ1v) is 6.72. The number of hydrogen-bond donors (Lipinski definition) is 2. The predicted molar refractivity (Wildman–Crippen MR) is 74.7 cm³/mol. The normalized spacial score (nSPS) is 21.0. The predicted octanol–water partition coefficient (Wildman–Crippen LogP) is 0.631. The van der Waals surface area contributed by atoms with Gasteiger partial charge in [-0.05, 0) is 18.6 Å². The average Bonchev–Trinajstić information content (AvgIpc) is 2.95. The van der Waals surface area contributed by atoms with Crippen LogP contribution in [0.15, 0.2) is 18.3 Å². The van der Waals surface area contributed by atoms with Gasteiger partial charge in [-0.1, -0.05) is 6.07 Å². The van der Waals surface area contributed by atoms with Gasteiger partial charge in [-0.3, -0.25) is 9.78 Å². The molecule has 1 aliphatic rings. The highest BCUT2D eigenvalue weighted by Crippen LogP contribution is 2.19. The fraction of sp³-hybridized carbons (Fsp3) is 0.500. The Kier molecular flexibility index (Phi) is 4.74. The zero-order valence-corrected chi connectivity index (χ0v) is 12.1. The molecule has 1 aliphatic heterocycles. The largest absolute Gasteiger partial charge is 0.481 e. The summed E-state index contributed by atoms with van der Waals surface area (Å²) in [6.07, 6.45) is 1.67. The van der Waals surface area contributed by atoms with Crippen LogP contribution in [0.4, 0.5) is 4.79 Å². The van der Waals surface area contributed by atoms with Gasteiger partial charge in [0, 0.05) is 13.2 Å². The van der Waals surface area contributed by atoms with Gasteiger partial charge in [0.05, 0.1) is 31.5 Å². The third-order valence-electron chi connectivity index (χ3n) is 3.71. The molecule has 0 spiro atoms. The number of rotatable bonds is 4. The van der Waals surface area contributed by atoms with E-state index in [4.69, 9.17) is 9.84 Å². The van der Waals surface area contributed by atoms with Crippen LogP contribution in [0.2, 0.25) is 0 Å². The number of urea groups is 1. The summed E-state index contributed by atoms with van der Waals surface area (Å²) in [5.41, 5.74) is 1.78. The summed E-state index contributed by atoms with van der Waals surface area (Å²) in [6.45, 7) is 2.60. The highest BCUT2D eigenvalue weighted by molar-refractivity contribution is 5.77. The van der Waals surface area contributed by atoms with Crippen molar-refractivity contribution < 1.29 is 19.4 Å². The van der Waals surface area contributed by atoms with Crippen LogP contribution >= 0.6 is 0 Å². The molecule has 2 amide bonds. The molecule has 2 N–H and O–H groups in total. The van der Waals surface area contributed by atoms with E-state index in [0.717, 1.165) is 11.3 Å². The number of likely N-dealkylation sites (N-methyl/N-ethyl adjacent to an activating group) is 1. The Balaban J connectivity index is 1.94. The molecule has 114 valence electrons. The number of carbonyl (C=O) groups is 2. The van der Waals surface area contributed by atoms with Gasteiger partial charge in [0.25, 0.3) is 0 Å². The van der Waals surface area contributed by atoms with E-state index in [1.807, 2.05) is 19.1 Å². The Labute approximate surface area is 122 Å². The van der Waals surface area contributed by atoms with Crippen LogP contribution in [0, 0.1) is 12.8 Å². The van der Waals surface area contributed by atoms with Crippen LogP contribution in [0.5, 0.6) is 0 Å². The average molecular weight is 293 g/mol. The second-order valence-corrected chi connectivity index (χ2v) is 5.09. The van der Waals surface area contributed by atoms with Crippen molar-refractivity contribution in [1.29, 1.82) is 0 Å². The maximum atomic E-state index is 12.1. The first-order valence-electron chi connectivity index (χ1n) is 6.72. The maximum Gasteiger partial charge on any atom is 0.317 e. The number of carboxylic acid groups (broad SMARTS) is 1. The molecule has 7 heteroatoms. The lowest BCUT2D eigenvalue weighted by Crippen LogP contribution is -2.48. The minimum Gasteiger partial charge on any atom is -0.481 e. The Morgan fingerprint density at radius 1 is 1.52 bits per heavy atom. The molecular weight excluding hydrogens is 274 g/mol. The van der Waals surface area contributed by atoms with Crippen molar-refractivity contribution in [2.45, 2.75) is 19.5 Å². The number of nitrogens with zero attached hydrogens (tertiary/aromatic N) is 2. The second-order valence-electron chi connectivity index (χ2n) is 5.09. The molecule has 0 aliphatic carbocycles. The van der Waals surface area contributed by atoms with Gasteiger partial charge < -0.3 is 20.1 Å². The number of aryl methyl sites for hydroxylation is 1. The maximum absolute atomic E-state index is 12.1. The van der Waals surface area contributed by atoms with Crippen LogP contribution in [-0.2, 0) is 16.1 Å². The lowest BCUT2D eigenvalue weighted by Gasteiger charge is -2.26. The van der Waals surface area contributed by atoms with E-state index in [0.29, 0.717) is 6.54 Å². The fourth-order valence-electron chi connectivity index (χ4n) is 2.30. The third kappa shape index (κ3) is 3.49. The molecule has 1 saturated heterocycles. The fourth-order valence-corrected chi connectivity index (χ4v) is 2.30. The van der Waals surface area contributed by atoms with Crippen molar-refractivity contribution in [2.75, 3.05) is 20.3 Å². The molecule has 7 nitrogen and oxygen atoms in total. The highest BCUT2D eigenvalue weighted by atomic mass is 16.5. The number of carboxylic acids is 1.